The summed E-state index contributed by atoms with van der Waals surface area (Å²) in [7, 11) is 0. The summed E-state index contributed by atoms with van der Waals surface area (Å²) < 4.78 is 0. The molecule has 3 aromatic carbocycles. The van der Waals surface area contributed by atoms with Gasteiger partial charge in [-0.25, -0.2) is 0 Å². The first kappa shape index (κ1) is 18.5. The second-order valence-electron chi connectivity index (χ2n) is 5.63. The van der Waals surface area contributed by atoms with Gasteiger partial charge in [-0.1, -0.05) is 74.3 Å². The average Bonchev–Trinajstić information content (AvgIpc) is 2.65. The Morgan fingerprint density at radius 1 is 0.769 bits per heavy atom. The van der Waals surface area contributed by atoms with Crippen LogP contribution < -0.4 is 0 Å². The summed E-state index contributed by atoms with van der Waals surface area (Å²) in [6.07, 6.45) is 0. The largest absolute Gasteiger partial charge is 0.280 e. The maximum atomic E-state index is 11.4. The zero-order valence-corrected chi connectivity index (χ0v) is 16.4. The molecular formula is C18H12Br2N2O4. The van der Waals surface area contributed by atoms with Crippen LogP contribution in [-0.2, 0) is 0 Å². The summed E-state index contributed by atoms with van der Waals surface area (Å²) in [6.45, 7) is 0. The van der Waals surface area contributed by atoms with Gasteiger partial charge in [-0.3, -0.25) is 20.2 Å². The summed E-state index contributed by atoms with van der Waals surface area (Å²) in [6, 6.07) is 17.4. The van der Waals surface area contributed by atoms with E-state index in [1.165, 1.54) is 12.1 Å². The molecule has 0 radical (unpaired) electrons. The molecule has 0 amide bonds. The maximum Gasteiger partial charge on any atom is 0.280 e. The number of hydrogen-bond donors (Lipinski definition) is 0. The number of nitro benzene ring substituents is 2. The summed E-state index contributed by atoms with van der Waals surface area (Å²) >= 11 is 7.17. The summed E-state index contributed by atoms with van der Waals surface area (Å²) in [4.78, 5) is 20.4. The Kier molecular flexibility index (Phi) is 5.33. The molecule has 0 aromatic heterocycles. The van der Waals surface area contributed by atoms with Crippen molar-refractivity contribution in [2.75, 3.05) is 0 Å². The number of fused-ring (bicyclic) bond motifs is 1. The second kappa shape index (κ2) is 7.51. The quantitative estimate of drug-likeness (QED) is 0.246. The molecule has 0 spiro atoms. The van der Waals surface area contributed by atoms with E-state index < -0.39 is 14.7 Å². The molecule has 2 atom stereocenters. The van der Waals surface area contributed by atoms with Gasteiger partial charge >= 0.3 is 0 Å². The molecule has 0 aliphatic heterocycles. The van der Waals surface area contributed by atoms with Crippen LogP contribution in [0.4, 0.5) is 11.4 Å². The van der Waals surface area contributed by atoms with E-state index in [0.717, 1.165) is 22.4 Å². The number of rotatable bonds is 5. The monoisotopic (exact) mass is 478 g/mol. The fourth-order valence-corrected chi connectivity index (χ4v) is 4.20. The second-order valence-corrected chi connectivity index (χ2v) is 7.60. The van der Waals surface area contributed by atoms with E-state index in [1.807, 2.05) is 42.5 Å². The fourth-order valence-electron chi connectivity index (χ4n) is 2.84. The van der Waals surface area contributed by atoms with Gasteiger partial charge in [0.05, 0.1) is 25.6 Å². The van der Waals surface area contributed by atoms with E-state index in [1.54, 1.807) is 0 Å². The average molecular weight is 480 g/mol. The van der Waals surface area contributed by atoms with Crippen molar-refractivity contribution in [2.45, 2.75) is 9.65 Å². The first-order valence-electron chi connectivity index (χ1n) is 7.58. The smallest absolute Gasteiger partial charge is 0.258 e. The minimum absolute atomic E-state index is 0.270. The van der Waals surface area contributed by atoms with Crippen LogP contribution in [0, 0.1) is 20.2 Å². The lowest BCUT2D eigenvalue weighted by Crippen LogP contribution is -2.04. The van der Waals surface area contributed by atoms with Gasteiger partial charge in [0.15, 0.2) is 0 Å². The molecular weight excluding hydrogens is 468 g/mol. The molecule has 6 nitrogen and oxygen atoms in total. The number of benzene rings is 3. The van der Waals surface area contributed by atoms with Crippen LogP contribution in [0.5, 0.6) is 0 Å². The molecule has 0 N–H and O–H groups in total. The highest BCUT2D eigenvalue weighted by atomic mass is 79.9. The van der Waals surface area contributed by atoms with Gasteiger partial charge in [-0.15, -0.1) is 0 Å². The molecule has 132 valence electrons. The van der Waals surface area contributed by atoms with Gasteiger partial charge in [0.1, 0.15) is 0 Å². The van der Waals surface area contributed by atoms with Gasteiger partial charge in [-0.2, -0.15) is 0 Å². The normalized spacial score (nSPS) is 13.3. The highest BCUT2D eigenvalue weighted by molar-refractivity contribution is 9.12. The molecule has 3 rings (SSSR count). The van der Waals surface area contributed by atoms with Crippen molar-refractivity contribution in [3.8, 4) is 0 Å². The molecule has 0 saturated carbocycles. The molecule has 0 heterocycles. The van der Waals surface area contributed by atoms with Crippen LogP contribution in [0.15, 0.2) is 60.7 Å². The third-order valence-electron chi connectivity index (χ3n) is 4.10. The zero-order chi connectivity index (χ0) is 18.8. The van der Waals surface area contributed by atoms with Crippen molar-refractivity contribution in [1.29, 1.82) is 0 Å². The van der Waals surface area contributed by atoms with Crippen LogP contribution >= 0.6 is 31.9 Å². The third-order valence-corrected chi connectivity index (χ3v) is 6.85. The first-order chi connectivity index (χ1) is 12.4. The van der Waals surface area contributed by atoms with Crippen LogP contribution in [0.1, 0.15) is 20.8 Å². The van der Waals surface area contributed by atoms with Gasteiger partial charge in [0.25, 0.3) is 11.4 Å². The van der Waals surface area contributed by atoms with E-state index in [-0.39, 0.29) is 16.2 Å². The molecule has 0 aliphatic rings. The Labute approximate surface area is 165 Å². The molecule has 0 unspecified atom stereocenters. The van der Waals surface area contributed by atoms with Crippen molar-refractivity contribution >= 4 is 54.0 Å². The molecule has 3 aromatic rings. The summed E-state index contributed by atoms with van der Waals surface area (Å²) in [5, 5.41) is 24.4. The van der Waals surface area contributed by atoms with Gasteiger partial charge in [0, 0.05) is 11.6 Å². The van der Waals surface area contributed by atoms with E-state index in [4.69, 9.17) is 0 Å². The molecule has 0 bridgehead atoms. The van der Waals surface area contributed by atoms with Crippen molar-refractivity contribution in [3.05, 3.63) is 92.0 Å². The van der Waals surface area contributed by atoms with Crippen LogP contribution in [0.3, 0.4) is 0 Å². The third kappa shape index (κ3) is 3.47. The fraction of sp³-hybridized carbons (Fsp3) is 0.111. The van der Waals surface area contributed by atoms with Gasteiger partial charge in [-0.05, 0) is 22.4 Å². The maximum absolute atomic E-state index is 11.4. The summed E-state index contributed by atoms with van der Waals surface area (Å²) in [5.41, 5.74) is 0.746. The van der Waals surface area contributed by atoms with Crippen LogP contribution in [0.25, 0.3) is 10.8 Å². The Hall–Kier alpha value is -2.32. The Morgan fingerprint density at radius 2 is 1.42 bits per heavy atom. The molecule has 26 heavy (non-hydrogen) atoms. The van der Waals surface area contributed by atoms with E-state index in [0.29, 0.717) is 5.56 Å². The predicted octanol–water partition coefficient (Wildman–Crippen LogP) is 6.23. The lowest BCUT2D eigenvalue weighted by atomic mass is 9.97. The lowest BCUT2D eigenvalue weighted by molar-refractivity contribution is -0.394. The van der Waals surface area contributed by atoms with Gasteiger partial charge in [0.2, 0.25) is 0 Å². The number of hydrogen-bond acceptors (Lipinski definition) is 4. The Morgan fingerprint density at radius 3 is 2.12 bits per heavy atom. The van der Waals surface area contributed by atoms with Crippen molar-refractivity contribution in [3.63, 3.8) is 0 Å². The van der Waals surface area contributed by atoms with E-state index >= 15 is 0 Å². The molecule has 0 saturated heterocycles. The Balaban J connectivity index is 2.07. The van der Waals surface area contributed by atoms with Crippen LogP contribution in [-0.4, -0.2) is 9.85 Å². The predicted molar refractivity (Wildman–Crippen MR) is 107 cm³/mol. The minimum Gasteiger partial charge on any atom is -0.258 e. The standard InChI is InChI=1S/C18H12Br2N2O4/c19-17(14-7-3-5-11-4-1-2-6-13(11)14)18(20)15-9-8-12(21(23)24)10-16(15)22(25)26/h1-10,17-18H/t17-,18-/m1/s1. The number of halogens is 2. The molecule has 8 heteroatoms. The Bertz CT molecular complexity index is 1000. The molecule has 0 aliphatic carbocycles. The lowest BCUT2D eigenvalue weighted by Gasteiger charge is -2.19. The highest BCUT2D eigenvalue weighted by Crippen LogP contribution is 2.47. The zero-order valence-electron chi connectivity index (χ0n) is 13.2. The highest BCUT2D eigenvalue weighted by Gasteiger charge is 2.29. The first-order valence-corrected chi connectivity index (χ1v) is 9.42. The number of alkyl halides is 2. The van der Waals surface area contributed by atoms with Crippen molar-refractivity contribution < 1.29 is 9.85 Å². The number of nitro groups is 2. The van der Waals surface area contributed by atoms with Crippen LogP contribution in [0.2, 0.25) is 0 Å². The van der Waals surface area contributed by atoms with Gasteiger partial charge < -0.3 is 0 Å². The topological polar surface area (TPSA) is 86.3 Å². The van der Waals surface area contributed by atoms with E-state index in [9.17, 15) is 20.2 Å². The van der Waals surface area contributed by atoms with Crippen molar-refractivity contribution in [1.82, 2.24) is 0 Å². The van der Waals surface area contributed by atoms with E-state index in [2.05, 4.69) is 31.9 Å². The minimum atomic E-state index is -0.643. The SMILES string of the molecule is O=[N+]([O-])c1ccc([C@@H](Br)[C@H](Br)c2cccc3ccccc23)c([N+](=O)[O-])c1. The number of non-ortho nitro benzene ring substituents is 1. The molecule has 0 fully saturated rings. The van der Waals surface area contributed by atoms with Crippen molar-refractivity contribution in [2.24, 2.45) is 0 Å². The number of nitrogens with zero attached hydrogens (tertiary/aromatic N) is 2. The summed E-state index contributed by atoms with van der Waals surface area (Å²) in [5.74, 6) is 0.